The topological polar surface area (TPSA) is 47.0 Å². The summed E-state index contributed by atoms with van der Waals surface area (Å²) in [4.78, 5) is 0. The summed E-state index contributed by atoms with van der Waals surface area (Å²) in [6.45, 7) is 0. The Labute approximate surface area is 96.1 Å². The zero-order chi connectivity index (χ0) is 11.5. The Morgan fingerprint density at radius 2 is 2.19 bits per heavy atom. The quantitative estimate of drug-likeness (QED) is 0.893. The molecule has 0 saturated heterocycles. The van der Waals surface area contributed by atoms with E-state index in [0.717, 1.165) is 15.7 Å². The second-order valence-corrected chi connectivity index (χ2v) is 3.99. The Kier molecular flexibility index (Phi) is 3.00. The molecule has 0 fully saturated rings. The van der Waals surface area contributed by atoms with Crippen LogP contribution in [-0.2, 0) is 0 Å². The minimum absolute atomic E-state index is 0.207. The van der Waals surface area contributed by atoms with E-state index in [4.69, 9.17) is 4.74 Å². The summed E-state index contributed by atoms with van der Waals surface area (Å²) in [7, 11) is 3.21. The van der Waals surface area contributed by atoms with Crippen LogP contribution < -0.4 is 10.1 Å². The van der Waals surface area contributed by atoms with Gasteiger partial charge >= 0.3 is 0 Å². The van der Waals surface area contributed by atoms with Gasteiger partial charge in [-0.05, 0) is 18.2 Å². The SMILES string of the molecule is CNc1nnc(-c2ccc(F)c(OC)c2)s1. The van der Waals surface area contributed by atoms with Gasteiger partial charge in [0.05, 0.1) is 7.11 Å². The van der Waals surface area contributed by atoms with Crippen LogP contribution >= 0.6 is 11.3 Å². The lowest BCUT2D eigenvalue weighted by molar-refractivity contribution is 0.387. The van der Waals surface area contributed by atoms with Gasteiger partial charge in [0, 0.05) is 12.6 Å². The monoisotopic (exact) mass is 239 g/mol. The number of benzene rings is 1. The number of anilines is 1. The van der Waals surface area contributed by atoms with Crippen LogP contribution in [-0.4, -0.2) is 24.4 Å². The summed E-state index contributed by atoms with van der Waals surface area (Å²) < 4.78 is 18.1. The van der Waals surface area contributed by atoms with Gasteiger partial charge in [-0.25, -0.2) is 4.39 Å². The van der Waals surface area contributed by atoms with Crippen molar-refractivity contribution in [2.75, 3.05) is 19.5 Å². The van der Waals surface area contributed by atoms with E-state index in [1.165, 1.54) is 24.5 Å². The molecule has 0 unspecified atom stereocenters. The fourth-order valence-electron chi connectivity index (χ4n) is 1.23. The summed E-state index contributed by atoms with van der Waals surface area (Å²) in [5, 5.41) is 12.2. The molecule has 0 atom stereocenters. The molecule has 1 aromatic heterocycles. The number of methoxy groups -OCH3 is 1. The normalized spacial score (nSPS) is 10.2. The first kappa shape index (κ1) is 10.8. The maximum absolute atomic E-state index is 13.2. The lowest BCUT2D eigenvalue weighted by Crippen LogP contribution is -1.88. The Morgan fingerprint density at radius 3 is 2.81 bits per heavy atom. The summed E-state index contributed by atoms with van der Waals surface area (Å²) in [5.74, 6) is -0.177. The van der Waals surface area contributed by atoms with E-state index in [9.17, 15) is 4.39 Å². The zero-order valence-corrected chi connectivity index (χ0v) is 9.64. The molecular formula is C10H10FN3OS. The highest BCUT2D eigenvalue weighted by atomic mass is 32.1. The smallest absolute Gasteiger partial charge is 0.205 e. The first-order chi connectivity index (χ1) is 7.74. The predicted octanol–water partition coefficient (Wildman–Crippen LogP) is 2.39. The van der Waals surface area contributed by atoms with Gasteiger partial charge in [0.2, 0.25) is 5.13 Å². The van der Waals surface area contributed by atoms with Crippen molar-refractivity contribution in [3.05, 3.63) is 24.0 Å². The number of ether oxygens (including phenoxy) is 1. The molecule has 0 aliphatic carbocycles. The zero-order valence-electron chi connectivity index (χ0n) is 8.82. The van der Waals surface area contributed by atoms with Crippen molar-refractivity contribution in [2.45, 2.75) is 0 Å². The number of halogens is 1. The van der Waals surface area contributed by atoms with Crippen molar-refractivity contribution in [3.63, 3.8) is 0 Å². The Morgan fingerprint density at radius 1 is 1.38 bits per heavy atom. The van der Waals surface area contributed by atoms with E-state index >= 15 is 0 Å². The molecule has 0 spiro atoms. The molecule has 0 radical (unpaired) electrons. The van der Waals surface area contributed by atoms with Crippen LogP contribution in [0.25, 0.3) is 10.6 Å². The highest BCUT2D eigenvalue weighted by molar-refractivity contribution is 7.18. The van der Waals surface area contributed by atoms with Crippen molar-refractivity contribution in [2.24, 2.45) is 0 Å². The van der Waals surface area contributed by atoms with Crippen LogP contribution in [0.1, 0.15) is 0 Å². The number of hydrogen-bond donors (Lipinski definition) is 1. The number of hydrogen-bond acceptors (Lipinski definition) is 5. The number of aromatic nitrogens is 2. The van der Waals surface area contributed by atoms with Gasteiger partial charge in [-0.3, -0.25) is 0 Å². The van der Waals surface area contributed by atoms with Crippen LogP contribution in [0, 0.1) is 5.82 Å². The highest BCUT2D eigenvalue weighted by Crippen LogP contribution is 2.29. The molecule has 0 aliphatic rings. The average Bonchev–Trinajstić information content (AvgIpc) is 2.78. The van der Waals surface area contributed by atoms with Crippen LogP contribution in [0.5, 0.6) is 5.75 Å². The predicted molar refractivity (Wildman–Crippen MR) is 61.4 cm³/mol. The van der Waals surface area contributed by atoms with Crippen LogP contribution in [0.3, 0.4) is 0 Å². The summed E-state index contributed by atoms with van der Waals surface area (Å²) >= 11 is 1.40. The summed E-state index contributed by atoms with van der Waals surface area (Å²) in [6.07, 6.45) is 0. The van der Waals surface area contributed by atoms with Crippen molar-refractivity contribution < 1.29 is 9.13 Å². The second-order valence-electron chi connectivity index (χ2n) is 3.01. The molecule has 0 saturated carbocycles. The van der Waals surface area contributed by atoms with Gasteiger partial charge in [0.25, 0.3) is 0 Å². The summed E-state index contributed by atoms with van der Waals surface area (Å²) in [5.41, 5.74) is 0.789. The number of nitrogens with one attached hydrogen (secondary N) is 1. The van der Waals surface area contributed by atoms with Crippen LogP contribution in [0.2, 0.25) is 0 Å². The van der Waals surface area contributed by atoms with E-state index in [0.29, 0.717) is 0 Å². The molecule has 2 aromatic rings. The standard InChI is InChI=1S/C10H10FN3OS/c1-12-10-14-13-9(16-10)6-3-4-7(11)8(5-6)15-2/h3-5H,1-2H3,(H,12,14). The number of nitrogens with zero attached hydrogens (tertiary/aromatic N) is 2. The first-order valence-electron chi connectivity index (χ1n) is 4.59. The second kappa shape index (κ2) is 4.44. The molecular weight excluding hydrogens is 229 g/mol. The molecule has 1 N–H and O–H groups in total. The fraction of sp³-hybridized carbons (Fsp3) is 0.200. The van der Waals surface area contributed by atoms with Crippen molar-refractivity contribution >= 4 is 16.5 Å². The molecule has 0 bridgehead atoms. The third kappa shape index (κ3) is 1.96. The number of rotatable bonds is 3. The largest absolute Gasteiger partial charge is 0.494 e. The minimum Gasteiger partial charge on any atom is -0.494 e. The Balaban J connectivity index is 2.40. The van der Waals surface area contributed by atoms with Crippen LogP contribution in [0.15, 0.2) is 18.2 Å². The molecule has 1 aromatic carbocycles. The van der Waals surface area contributed by atoms with Gasteiger partial charge in [-0.15, -0.1) is 10.2 Å². The van der Waals surface area contributed by atoms with E-state index < -0.39 is 0 Å². The maximum atomic E-state index is 13.2. The van der Waals surface area contributed by atoms with Gasteiger partial charge < -0.3 is 10.1 Å². The third-order valence-corrected chi connectivity index (χ3v) is 3.03. The molecule has 4 nitrogen and oxygen atoms in total. The first-order valence-corrected chi connectivity index (χ1v) is 5.41. The van der Waals surface area contributed by atoms with E-state index in [2.05, 4.69) is 15.5 Å². The Bertz CT molecular complexity index is 501. The summed E-state index contributed by atoms with van der Waals surface area (Å²) in [6, 6.07) is 4.61. The Hall–Kier alpha value is -1.69. The van der Waals surface area contributed by atoms with Gasteiger partial charge in [0.1, 0.15) is 5.01 Å². The van der Waals surface area contributed by atoms with E-state index in [1.54, 1.807) is 19.2 Å². The molecule has 16 heavy (non-hydrogen) atoms. The molecule has 2 rings (SSSR count). The lowest BCUT2D eigenvalue weighted by atomic mass is 10.2. The molecule has 0 amide bonds. The van der Waals surface area contributed by atoms with Gasteiger partial charge in [-0.2, -0.15) is 0 Å². The van der Waals surface area contributed by atoms with Gasteiger partial charge in [0.15, 0.2) is 11.6 Å². The van der Waals surface area contributed by atoms with E-state index in [-0.39, 0.29) is 11.6 Å². The highest BCUT2D eigenvalue weighted by Gasteiger charge is 2.09. The fourth-order valence-corrected chi connectivity index (χ4v) is 1.93. The van der Waals surface area contributed by atoms with Crippen molar-refractivity contribution in [1.29, 1.82) is 0 Å². The average molecular weight is 239 g/mol. The minimum atomic E-state index is -0.385. The molecule has 1 heterocycles. The molecule has 0 aliphatic heterocycles. The molecule has 84 valence electrons. The molecule has 6 heteroatoms. The van der Waals surface area contributed by atoms with Gasteiger partial charge in [-0.1, -0.05) is 11.3 Å². The van der Waals surface area contributed by atoms with Crippen molar-refractivity contribution in [3.8, 4) is 16.3 Å². The maximum Gasteiger partial charge on any atom is 0.205 e. The van der Waals surface area contributed by atoms with E-state index in [1.807, 2.05) is 0 Å². The van der Waals surface area contributed by atoms with Crippen molar-refractivity contribution in [1.82, 2.24) is 10.2 Å². The lowest BCUT2D eigenvalue weighted by Gasteiger charge is -2.02. The third-order valence-electron chi connectivity index (χ3n) is 2.04. The van der Waals surface area contributed by atoms with Crippen LogP contribution in [0.4, 0.5) is 9.52 Å².